The number of allylic oxidation sites excluding steroid dienone is 3. The molecule has 0 bridgehead atoms. The Kier molecular flexibility index (Phi) is 14.2. The van der Waals surface area contributed by atoms with Crippen molar-refractivity contribution in [2.75, 3.05) is 26.4 Å². The molecule has 0 aromatic rings. The van der Waals surface area contributed by atoms with Crippen molar-refractivity contribution in [3.05, 3.63) is 23.3 Å². The summed E-state index contributed by atoms with van der Waals surface area (Å²) in [5.41, 5.74) is -1.45. The van der Waals surface area contributed by atoms with E-state index in [-0.39, 0.29) is 36.9 Å². The largest absolute Gasteiger partial charge is 0.396 e. The molecule has 3 heterocycles. The fourth-order valence-corrected chi connectivity index (χ4v) is 14.5. The number of hydrogen-bond donors (Lipinski definition) is 13. The summed E-state index contributed by atoms with van der Waals surface area (Å²) in [7, 11) is 0. The van der Waals surface area contributed by atoms with E-state index in [1.165, 1.54) is 6.92 Å². The van der Waals surface area contributed by atoms with Gasteiger partial charge in [0.2, 0.25) is 0 Å². The molecular formula is C48H78O19. The van der Waals surface area contributed by atoms with E-state index in [9.17, 15) is 66.4 Å². The molecule has 19 nitrogen and oxygen atoms in total. The summed E-state index contributed by atoms with van der Waals surface area (Å²) >= 11 is 0. The highest BCUT2D eigenvalue weighted by atomic mass is 16.8. The first-order valence-electron chi connectivity index (χ1n) is 24.2. The van der Waals surface area contributed by atoms with Crippen LogP contribution in [0.5, 0.6) is 0 Å². The normalized spacial score (nSPS) is 55.3. The highest BCUT2D eigenvalue weighted by Crippen LogP contribution is 2.74. The number of aliphatic hydroxyl groups is 13. The number of aliphatic hydroxyl groups excluding tert-OH is 13. The van der Waals surface area contributed by atoms with Gasteiger partial charge in [-0.25, -0.2) is 0 Å². The van der Waals surface area contributed by atoms with Gasteiger partial charge in [-0.3, -0.25) is 0 Å². The standard InChI is InChI=1S/C48H78O19/c1-21-31(55)38(66-40-36(60)34(58)32(56)24(17-49)63-40)39(67-41-37(61)35(59)33(57)25(18-50)64-41)42(62-21)65-30-11-12-44(4)26(45(30,5)19-51)10-13-46(6)27(44)9-8-22-23-14-43(2,3)28(53)16-48(23,20-52)29(54)15-47(22,46)7/h8-9,21,24-42,49-61H,10-20H2,1-7H3. The van der Waals surface area contributed by atoms with E-state index in [0.29, 0.717) is 32.1 Å². The van der Waals surface area contributed by atoms with E-state index >= 15 is 0 Å². The van der Waals surface area contributed by atoms with Crippen LogP contribution in [0.1, 0.15) is 93.4 Å². The first kappa shape index (κ1) is 52.1. The van der Waals surface area contributed by atoms with E-state index < -0.39 is 151 Å². The topological polar surface area (TPSA) is 318 Å². The summed E-state index contributed by atoms with van der Waals surface area (Å²) in [5, 5.41) is 142. The van der Waals surface area contributed by atoms with Crippen LogP contribution in [0.15, 0.2) is 23.3 Å². The molecule has 67 heavy (non-hydrogen) atoms. The minimum atomic E-state index is -1.90. The zero-order chi connectivity index (χ0) is 49.1. The van der Waals surface area contributed by atoms with E-state index in [1.54, 1.807) is 0 Å². The lowest BCUT2D eigenvalue weighted by molar-refractivity contribution is -0.398. The first-order valence-corrected chi connectivity index (χ1v) is 24.2. The average Bonchev–Trinajstić information content (AvgIpc) is 3.28. The second-order valence-corrected chi connectivity index (χ2v) is 23.1. The van der Waals surface area contributed by atoms with Crippen LogP contribution in [0.25, 0.3) is 0 Å². The van der Waals surface area contributed by atoms with Crippen LogP contribution in [0.2, 0.25) is 0 Å². The molecule has 0 aromatic heterocycles. The lowest BCUT2D eigenvalue weighted by atomic mass is 9.35. The second kappa shape index (κ2) is 18.3. The zero-order valence-electron chi connectivity index (χ0n) is 39.7. The van der Waals surface area contributed by atoms with Crippen LogP contribution >= 0.6 is 0 Å². The van der Waals surface area contributed by atoms with Crippen molar-refractivity contribution < 1.29 is 94.8 Å². The number of hydrogen-bond acceptors (Lipinski definition) is 19. The van der Waals surface area contributed by atoms with Gasteiger partial charge in [-0.15, -0.1) is 0 Å². The van der Waals surface area contributed by atoms with Gasteiger partial charge >= 0.3 is 0 Å². The molecule has 8 aliphatic rings. The Balaban J connectivity index is 1.12. The van der Waals surface area contributed by atoms with Gasteiger partial charge in [0.25, 0.3) is 0 Å². The quantitative estimate of drug-likeness (QED) is 0.111. The summed E-state index contributed by atoms with van der Waals surface area (Å²) in [4.78, 5) is 0. The third-order valence-electron chi connectivity index (χ3n) is 19.1. The Morgan fingerprint density at radius 3 is 1.75 bits per heavy atom. The maximum Gasteiger partial charge on any atom is 0.187 e. The molecule has 5 aliphatic carbocycles. The van der Waals surface area contributed by atoms with Gasteiger partial charge in [-0.1, -0.05) is 59.3 Å². The molecule has 19 heteroatoms. The molecule has 0 spiro atoms. The van der Waals surface area contributed by atoms with Gasteiger partial charge < -0.3 is 94.8 Å². The lowest BCUT2D eigenvalue weighted by Gasteiger charge is -2.70. The molecule has 25 unspecified atom stereocenters. The van der Waals surface area contributed by atoms with Gasteiger partial charge in [0.1, 0.15) is 67.1 Å². The summed E-state index contributed by atoms with van der Waals surface area (Å²) in [5.74, 6) is -0.161. The second-order valence-electron chi connectivity index (χ2n) is 23.1. The van der Waals surface area contributed by atoms with Crippen molar-refractivity contribution in [2.24, 2.45) is 44.3 Å². The fourth-order valence-electron chi connectivity index (χ4n) is 14.5. The van der Waals surface area contributed by atoms with Gasteiger partial charge in [0.05, 0.1) is 50.8 Å². The van der Waals surface area contributed by atoms with Crippen LogP contribution in [-0.2, 0) is 28.4 Å². The molecule has 3 saturated heterocycles. The molecule has 25 atom stereocenters. The Hall–Kier alpha value is -1.28. The van der Waals surface area contributed by atoms with Gasteiger partial charge in [0, 0.05) is 16.2 Å². The number of fused-ring (bicyclic) bond motifs is 6. The molecule has 384 valence electrons. The number of rotatable bonds is 10. The van der Waals surface area contributed by atoms with Crippen LogP contribution in [-0.4, -0.2) is 203 Å². The summed E-state index contributed by atoms with van der Waals surface area (Å²) < 4.78 is 37.1. The van der Waals surface area contributed by atoms with Crippen LogP contribution < -0.4 is 0 Å². The Bertz CT molecular complexity index is 1850. The van der Waals surface area contributed by atoms with Gasteiger partial charge in [-0.2, -0.15) is 0 Å². The summed E-state index contributed by atoms with van der Waals surface area (Å²) in [6, 6.07) is 0. The molecule has 0 radical (unpaired) electrons. The third-order valence-corrected chi connectivity index (χ3v) is 19.1. The van der Waals surface area contributed by atoms with E-state index in [0.717, 1.165) is 17.6 Å². The Morgan fingerprint density at radius 2 is 1.19 bits per heavy atom. The summed E-state index contributed by atoms with van der Waals surface area (Å²) in [6.45, 7) is 12.3. The maximum atomic E-state index is 12.1. The molecule has 8 rings (SSSR count). The maximum absolute atomic E-state index is 12.1. The third kappa shape index (κ3) is 7.88. The fraction of sp³-hybridized carbons (Fsp3) is 0.917. The molecule has 0 amide bonds. The molecule has 13 N–H and O–H groups in total. The SMILES string of the molecule is CC1OC(OC2CCC3(C)C(CCC4(C)C3C=CC3=C5CC(C)(C)C(O)CC5(CO)C(O)CC34C)C2(C)CO)C(OC2OC(CO)C(O)C(O)C2O)C(OC2OC(CO)C(O)C(O)C2O)C1O. The van der Waals surface area contributed by atoms with Crippen molar-refractivity contribution in [2.45, 2.75) is 204 Å². The van der Waals surface area contributed by atoms with Crippen molar-refractivity contribution >= 4 is 0 Å². The van der Waals surface area contributed by atoms with Crippen LogP contribution in [0.4, 0.5) is 0 Å². The average molecular weight is 959 g/mol. The first-order chi connectivity index (χ1) is 31.3. The minimum Gasteiger partial charge on any atom is -0.396 e. The minimum absolute atomic E-state index is 0.0179. The van der Waals surface area contributed by atoms with E-state index in [2.05, 4.69) is 32.9 Å². The van der Waals surface area contributed by atoms with Crippen molar-refractivity contribution in [1.82, 2.24) is 0 Å². The Morgan fingerprint density at radius 1 is 0.612 bits per heavy atom. The summed E-state index contributed by atoms with van der Waals surface area (Å²) in [6.07, 6.45) is -18.7. The van der Waals surface area contributed by atoms with Gasteiger partial charge in [0.15, 0.2) is 18.9 Å². The van der Waals surface area contributed by atoms with Gasteiger partial charge in [-0.05, 0) is 85.5 Å². The van der Waals surface area contributed by atoms with Crippen LogP contribution in [0, 0.1) is 44.3 Å². The highest BCUT2D eigenvalue weighted by molar-refractivity contribution is 5.47. The predicted molar refractivity (Wildman–Crippen MR) is 233 cm³/mol. The van der Waals surface area contributed by atoms with E-state index in [1.807, 2.05) is 20.8 Å². The highest BCUT2D eigenvalue weighted by Gasteiger charge is 2.69. The zero-order valence-corrected chi connectivity index (χ0v) is 39.7. The molecule has 6 fully saturated rings. The Labute approximate surface area is 391 Å². The smallest absolute Gasteiger partial charge is 0.187 e. The van der Waals surface area contributed by atoms with Crippen molar-refractivity contribution in [1.29, 1.82) is 0 Å². The molecule has 0 aromatic carbocycles. The predicted octanol–water partition coefficient (Wildman–Crippen LogP) is -1.52. The van der Waals surface area contributed by atoms with Crippen molar-refractivity contribution in [3.8, 4) is 0 Å². The molecular weight excluding hydrogens is 881 g/mol. The lowest BCUT2D eigenvalue weighted by Crippen LogP contribution is -2.68. The monoisotopic (exact) mass is 959 g/mol. The van der Waals surface area contributed by atoms with Crippen molar-refractivity contribution in [3.63, 3.8) is 0 Å². The van der Waals surface area contributed by atoms with E-state index in [4.69, 9.17) is 28.4 Å². The molecule has 3 aliphatic heterocycles. The number of ether oxygens (including phenoxy) is 6. The molecule has 3 saturated carbocycles. The van der Waals surface area contributed by atoms with Crippen LogP contribution in [0.3, 0.4) is 0 Å².